The van der Waals surface area contributed by atoms with Gasteiger partial charge in [-0.05, 0) is 24.8 Å². The molecule has 0 bridgehead atoms. The van der Waals surface area contributed by atoms with Gasteiger partial charge in [0.05, 0.1) is 11.7 Å². The average Bonchev–Trinajstić information content (AvgIpc) is 3.20. The molecule has 1 aliphatic rings. The van der Waals surface area contributed by atoms with Gasteiger partial charge in [0.1, 0.15) is 6.54 Å². The number of carbonyl (C=O) groups excluding carboxylic acids is 1. The van der Waals surface area contributed by atoms with Crippen LogP contribution in [0.25, 0.3) is 10.9 Å². The van der Waals surface area contributed by atoms with Gasteiger partial charge in [-0.25, -0.2) is 0 Å². The van der Waals surface area contributed by atoms with E-state index in [-0.39, 0.29) is 30.9 Å². The Hall–Kier alpha value is -1.59. The van der Waals surface area contributed by atoms with Crippen LogP contribution in [0.3, 0.4) is 0 Å². The second-order valence-corrected chi connectivity index (χ2v) is 5.17. The van der Waals surface area contributed by atoms with Crippen LogP contribution in [-0.4, -0.2) is 28.3 Å². The van der Waals surface area contributed by atoms with E-state index in [0.29, 0.717) is 12.5 Å². The van der Waals surface area contributed by atoms with Gasteiger partial charge >= 0.3 is 0 Å². The van der Waals surface area contributed by atoms with Gasteiger partial charge in [-0.3, -0.25) is 9.48 Å². The lowest BCUT2D eigenvalue weighted by Crippen LogP contribution is -2.39. The van der Waals surface area contributed by atoms with Crippen molar-refractivity contribution in [2.24, 2.45) is 11.7 Å². The van der Waals surface area contributed by atoms with E-state index >= 15 is 0 Å². The zero-order valence-corrected chi connectivity index (χ0v) is 12.0. The first-order valence-corrected chi connectivity index (χ1v) is 6.67. The lowest BCUT2D eigenvalue weighted by Gasteiger charge is -2.11. The summed E-state index contributed by atoms with van der Waals surface area (Å²) in [6.45, 7) is 0.799. The summed E-state index contributed by atoms with van der Waals surface area (Å²) in [7, 11) is 0. The average molecular weight is 295 g/mol. The van der Waals surface area contributed by atoms with E-state index in [1.54, 1.807) is 10.9 Å². The molecule has 1 heterocycles. The Balaban J connectivity index is 0.00000147. The van der Waals surface area contributed by atoms with Gasteiger partial charge in [0.2, 0.25) is 5.91 Å². The predicted molar refractivity (Wildman–Crippen MR) is 80.7 cm³/mol. The van der Waals surface area contributed by atoms with Crippen molar-refractivity contribution in [2.45, 2.75) is 25.4 Å². The highest BCUT2D eigenvalue weighted by atomic mass is 35.5. The summed E-state index contributed by atoms with van der Waals surface area (Å²) in [6, 6.07) is 7.95. The Morgan fingerprint density at radius 2 is 2.20 bits per heavy atom. The Bertz CT molecular complexity index is 594. The summed E-state index contributed by atoms with van der Waals surface area (Å²) >= 11 is 0. The lowest BCUT2D eigenvalue weighted by atomic mass is 10.2. The van der Waals surface area contributed by atoms with Crippen LogP contribution in [0.1, 0.15) is 12.8 Å². The number of fused-ring (bicyclic) bond motifs is 1. The van der Waals surface area contributed by atoms with E-state index in [2.05, 4.69) is 10.4 Å². The molecule has 5 nitrogen and oxygen atoms in total. The first-order chi connectivity index (χ1) is 9.24. The molecule has 2 aromatic rings. The van der Waals surface area contributed by atoms with E-state index in [4.69, 9.17) is 5.73 Å². The first kappa shape index (κ1) is 14.8. The van der Waals surface area contributed by atoms with Gasteiger partial charge in [-0.15, -0.1) is 12.4 Å². The van der Waals surface area contributed by atoms with Crippen molar-refractivity contribution >= 4 is 29.2 Å². The van der Waals surface area contributed by atoms with Gasteiger partial charge in [0.15, 0.2) is 0 Å². The lowest BCUT2D eigenvalue weighted by molar-refractivity contribution is -0.121. The molecule has 0 spiro atoms. The quantitative estimate of drug-likeness (QED) is 0.873. The maximum absolute atomic E-state index is 11.9. The van der Waals surface area contributed by atoms with Crippen LogP contribution < -0.4 is 11.1 Å². The summed E-state index contributed by atoms with van der Waals surface area (Å²) < 4.78 is 1.72. The SMILES string of the molecule is Cl.NC(CNC(=O)Cn1ncc2ccccc21)C1CC1. The molecule has 1 aromatic heterocycles. The van der Waals surface area contributed by atoms with Crippen LogP contribution in [0.4, 0.5) is 0 Å². The van der Waals surface area contributed by atoms with Crippen molar-refractivity contribution in [2.75, 3.05) is 6.54 Å². The van der Waals surface area contributed by atoms with E-state index in [0.717, 1.165) is 10.9 Å². The molecule has 20 heavy (non-hydrogen) atoms. The monoisotopic (exact) mass is 294 g/mol. The molecule has 0 radical (unpaired) electrons. The fraction of sp³-hybridized carbons (Fsp3) is 0.429. The molecular weight excluding hydrogens is 276 g/mol. The fourth-order valence-electron chi connectivity index (χ4n) is 2.27. The summed E-state index contributed by atoms with van der Waals surface area (Å²) in [5, 5.41) is 8.16. The molecule has 1 atom stereocenters. The Morgan fingerprint density at radius 3 is 2.95 bits per heavy atom. The van der Waals surface area contributed by atoms with Crippen molar-refractivity contribution in [3.63, 3.8) is 0 Å². The van der Waals surface area contributed by atoms with E-state index < -0.39 is 0 Å². The highest BCUT2D eigenvalue weighted by molar-refractivity contribution is 5.85. The van der Waals surface area contributed by atoms with E-state index in [1.165, 1.54) is 12.8 Å². The van der Waals surface area contributed by atoms with Crippen LogP contribution in [0.2, 0.25) is 0 Å². The van der Waals surface area contributed by atoms with Crippen LogP contribution in [0, 0.1) is 5.92 Å². The zero-order valence-electron chi connectivity index (χ0n) is 11.2. The second kappa shape index (κ2) is 6.24. The minimum atomic E-state index is -0.0371. The number of hydrogen-bond acceptors (Lipinski definition) is 3. The predicted octanol–water partition coefficient (Wildman–Crippen LogP) is 1.31. The summed E-state index contributed by atoms with van der Waals surface area (Å²) in [5.74, 6) is 0.566. The second-order valence-electron chi connectivity index (χ2n) is 5.17. The number of aromatic nitrogens is 2. The first-order valence-electron chi connectivity index (χ1n) is 6.67. The highest BCUT2D eigenvalue weighted by Crippen LogP contribution is 2.31. The molecule has 3 rings (SSSR count). The normalized spacial score (nSPS) is 15.7. The number of rotatable bonds is 5. The van der Waals surface area contributed by atoms with Crippen molar-refractivity contribution in [1.29, 1.82) is 0 Å². The number of amides is 1. The Kier molecular flexibility index (Phi) is 4.62. The van der Waals surface area contributed by atoms with Crippen molar-refractivity contribution in [3.8, 4) is 0 Å². The minimum Gasteiger partial charge on any atom is -0.353 e. The van der Waals surface area contributed by atoms with Crippen molar-refractivity contribution < 1.29 is 4.79 Å². The fourth-order valence-corrected chi connectivity index (χ4v) is 2.27. The molecule has 1 fully saturated rings. The highest BCUT2D eigenvalue weighted by Gasteiger charge is 2.28. The molecule has 6 heteroatoms. The summed E-state index contributed by atoms with van der Waals surface area (Å²) in [4.78, 5) is 11.9. The molecule has 0 aliphatic heterocycles. The third-order valence-electron chi connectivity index (χ3n) is 3.61. The molecule has 1 aromatic carbocycles. The number of halogens is 1. The smallest absolute Gasteiger partial charge is 0.241 e. The summed E-state index contributed by atoms with van der Waals surface area (Å²) in [6.07, 6.45) is 4.17. The standard InChI is InChI=1S/C14H18N4O.ClH/c15-12(10-5-6-10)8-16-14(19)9-18-13-4-2-1-3-11(13)7-17-18;/h1-4,7,10,12H,5-6,8-9,15H2,(H,16,19);1H. The van der Waals surface area contributed by atoms with Crippen LogP contribution >= 0.6 is 12.4 Å². The third kappa shape index (κ3) is 3.29. The van der Waals surface area contributed by atoms with E-state index in [1.807, 2.05) is 24.3 Å². The van der Waals surface area contributed by atoms with Crippen LogP contribution in [0.5, 0.6) is 0 Å². The number of nitrogens with two attached hydrogens (primary N) is 1. The molecule has 0 saturated heterocycles. The summed E-state index contributed by atoms with van der Waals surface area (Å²) in [5.41, 5.74) is 6.93. The molecule has 1 amide bonds. The maximum Gasteiger partial charge on any atom is 0.241 e. The largest absolute Gasteiger partial charge is 0.353 e. The number of nitrogens with one attached hydrogen (secondary N) is 1. The molecule has 1 saturated carbocycles. The van der Waals surface area contributed by atoms with Crippen molar-refractivity contribution in [1.82, 2.24) is 15.1 Å². The number of hydrogen-bond donors (Lipinski definition) is 2. The minimum absolute atomic E-state index is 0. The van der Waals surface area contributed by atoms with Crippen LogP contribution in [-0.2, 0) is 11.3 Å². The molecule has 3 N–H and O–H groups in total. The number of nitrogens with zero attached hydrogens (tertiary/aromatic N) is 2. The number of para-hydroxylation sites is 1. The number of carbonyl (C=O) groups is 1. The van der Waals surface area contributed by atoms with Gasteiger partial charge in [0, 0.05) is 18.0 Å². The molecule has 1 unspecified atom stereocenters. The zero-order chi connectivity index (χ0) is 13.2. The molecular formula is C14H19ClN4O. The van der Waals surface area contributed by atoms with Gasteiger partial charge in [0.25, 0.3) is 0 Å². The topological polar surface area (TPSA) is 72.9 Å². The Morgan fingerprint density at radius 1 is 1.45 bits per heavy atom. The number of benzene rings is 1. The van der Waals surface area contributed by atoms with Gasteiger partial charge in [-0.1, -0.05) is 18.2 Å². The van der Waals surface area contributed by atoms with Gasteiger partial charge in [-0.2, -0.15) is 5.10 Å². The van der Waals surface area contributed by atoms with Crippen molar-refractivity contribution in [3.05, 3.63) is 30.5 Å². The third-order valence-corrected chi connectivity index (χ3v) is 3.61. The maximum atomic E-state index is 11.9. The molecule has 108 valence electrons. The molecule has 1 aliphatic carbocycles. The Labute approximate surface area is 123 Å². The van der Waals surface area contributed by atoms with Crippen LogP contribution in [0.15, 0.2) is 30.5 Å². The van der Waals surface area contributed by atoms with Gasteiger partial charge < -0.3 is 11.1 Å². The van der Waals surface area contributed by atoms with E-state index in [9.17, 15) is 4.79 Å².